The first-order valence-electron chi connectivity index (χ1n) is 4.49. The Hall–Kier alpha value is -1.48. The second-order valence-corrected chi connectivity index (χ2v) is 3.32. The fraction of sp³-hybridized carbons (Fsp3) is 0.182. The van der Waals surface area contributed by atoms with Crippen LogP contribution in [0.25, 0.3) is 10.8 Å². The zero-order valence-corrected chi connectivity index (χ0v) is 7.87. The third kappa shape index (κ3) is 1.36. The van der Waals surface area contributed by atoms with Crippen LogP contribution in [-0.4, -0.2) is 4.98 Å². The Morgan fingerprint density at radius 1 is 1.29 bits per heavy atom. The van der Waals surface area contributed by atoms with Crippen LogP contribution >= 0.6 is 0 Å². The molecule has 1 aromatic carbocycles. The van der Waals surface area contributed by atoms with E-state index in [1.165, 1.54) is 6.07 Å². The van der Waals surface area contributed by atoms with Crippen LogP contribution in [0.5, 0.6) is 0 Å². The lowest BCUT2D eigenvalue weighted by Gasteiger charge is -2.08. The quantitative estimate of drug-likeness (QED) is 0.749. The van der Waals surface area contributed by atoms with Crippen LogP contribution in [0.1, 0.15) is 18.7 Å². The third-order valence-electron chi connectivity index (χ3n) is 2.21. The Kier molecular flexibility index (Phi) is 2.17. The molecule has 14 heavy (non-hydrogen) atoms. The summed E-state index contributed by atoms with van der Waals surface area (Å²) in [5.41, 5.74) is 6.48. The SMILES string of the molecule is CC(N)c1nccc2c(F)cccc12. The van der Waals surface area contributed by atoms with Crippen molar-refractivity contribution < 1.29 is 4.39 Å². The summed E-state index contributed by atoms with van der Waals surface area (Å²) in [6.45, 7) is 1.84. The molecule has 0 amide bonds. The summed E-state index contributed by atoms with van der Waals surface area (Å²) >= 11 is 0. The van der Waals surface area contributed by atoms with Gasteiger partial charge in [0.1, 0.15) is 5.82 Å². The normalized spacial score (nSPS) is 13.1. The van der Waals surface area contributed by atoms with E-state index in [-0.39, 0.29) is 11.9 Å². The molecule has 3 heteroatoms. The van der Waals surface area contributed by atoms with Gasteiger partial charge in [-0.1, -0.05) is 12.1 Å². The fourth-order valence-corrected chi connectivity index (χ4v) is 1.55. The molecule has 0 fully saturated rings. The molecule has 2 nitrogen and oxygen atoms in total. The number of rotatable bonds is 1. The molecule has 0 aliphatic carbocycles. The molecular formula is C11H11FN2. The zero-order chi connectivity index (χ0) is 10.1. The Labute approximate surface area is 81.6 Å². The predicted molar refractivity (Wildman–Crippen MR) is 54.3 cm³/mol. The minimum atomic E-state index is -0.230. The highest BCUT2D eigenvalue weighted by atomic mass is 19.1. The number of benzene rings is 1. The Morgan fingerprint density at radius 3 is 2.79 bits per heavy atom. The number of hydrogen-bond acceptors (Lipinski definition) is 2. The van der Waals surface area contributed by atoms with E-state index in [1.54, 1.807) is 18.3 Å². The first-order valence-corrected chi connectivity index (χ1v) is 4.49. The average molecular weight is 190 g/mol. The molecule has 0 saturated carbocycles. The maximum absolute atomic E-state index is 13.4. The molecule has 1 unspecified atom stereocenters. The fourth-order valence-electron chi connectivity index (χ4n) is 1.55. The van der Waals surface area contributed by atoms with Crippen molar-refractivity contribution in [2.75, 3.05) is 0 Å². The summed E-state index contributed by atoms with van der Waals surface area (Å²) in [4.78, 5) is 4.16. The topological polar surface area (TPSA) is 38.9 Å². The number of fused-ring (bicyclic) bond motifs is 1. The van der Waals surface area contributed by atoms with Crippen molar-refractivity contribution in [2.24, 2.45) is 5.73 Å². The molecule has 0 aliphatic rings. The maximum atomic E-state index is 13.4. The lowest BCUT2D eigenvalue weighted by molar-refractivity contribution is 0.639. The number of halogens is 1. The molecule has 0 bridgehead atoms. The third-order valence-corrected chi connectivity index (χ3v) is 2.21. The molecule has 0 aliphatic heterocycles. The van der Waals surface area contributed by atoms with E-state index in [0.717, 1.165) is 11.1 Å². The van der Waals surface area contributed by atoms with Crippen LogP contribution in [0.2, 0.25) is 0 Å². The van der Waals surface area contributed by atoms with E-state index in [2.05, 4.69) is 4.98 Å². The van der Waals surface area contributed by atoms with Crippen LogP contribution in [-0.2, 0) is 0 Å². The van der Waals surface area contributed by atoms with Gasteiger partial charge in [-0.2, -0.15) is 0 Å². The van der Waals surface area contributed by atoms with Gasteiger partial charge in [-0.25, -0.2) is 4.39 Å². The maximum Gasteiger partial charge on any atom is 0.131 e. The van der Waals surface area contributed by atoms with Gasteiger partial charge < -0.3 is 5.73 Å². The van der Waals surface area contributed by atoms with Crippen molar-refractivity contribution in [1.82, 2.24) is 4.98 Å². The first kappa shape index (κ1) is 9.09. The molecule has 0 saturated heterocycles. The second-order valence-electron chi connectivity index (χ2n) is 3.32. The van der Waals surface area contributed by atoms with Gasteiger partial charge in [-0.3, -0.25) is 4.98 Å². The van der Waals surface area contributed by atoms with Crippen molar-refractivity contribution in [2.45, 2.75) is 13.0 Å². The van der Waals surface area contributed by atoms with Crippen LogP contribution < -0.4 is 5.73 Å². The van der Waals surface area contributed by atoms with Crippen molar-refractivity contribution >= 4 is 10.8 Å². The minimum Gasteiger partial charge on any atom is -0.323 e. The highest BCUT2D eigenvalue weighted by Gasteiger charge is 2.08. The molecule has 2 aromatic rings. The van der Waals surface area contributed by atoms with Crippen molar-refractivity contribution in [3.63, 3.8) is 0 Å². The predicted octanol–water partition coefficient (Wildman–Crippen LogP) is 2.39. The largest absolute Gasteiger partial charge is 0.323 e. The molecule has 1 atom stereocenters. The lowest BCUT2D eigenvalue weighted by Crippen LogP contribution is -2.07. The molecule has 0 spiro atoms. The van der Waals surface area contributed by atoms with Crippen molar-refractivity contribution in [3.05, 3.63) is 42.0 Å². The van der Waals surface area contributed by atoms with E-state index in [4.69, 9.17) is 5.73 Å². The van der Waals surface area contributed by atoms with E-state index in [1.807, 2.05) is 13.0 Å². The van der Waals surface area contributed by atoms with E-state index in [0.29, 0.717) is 5.39 Å². The van der Waals surface area contributed by atoms with Gasteiger partial charge in [0, 0.05) is 23.0 Å². The van der Waals surface area contributed by atoms with E-state index in [9.17, 15) is 4.39 Å². The summed E-state index contributed by atoms with van der Waals surface area (Å²) in [5, 5.41) is 1.37. The van der Waals surface area contributed by atoms with Crippen molar-refractivity contribution in [3.8, 4) is 0 Å². The van der Waals surface area contributed by atoms with Gasteiger partial charge in [0.25, 0.3) is 0 Å². The smallest absolute Gasteiger partial charge is 0.131 e. The number of pyridine rings is 1. The molecule has 0 radical (unpaired) electrons. The minimum absolute atomic E-state index is 0.180. The summed E-state index contributed by atoms with van der Waals surface area (Å²) < 4.78 is 13.4. The highest BCUT2D eigenvalue weighted by Crippen LogP contribution is 2.22. The van der Waals surface area contributed by atoms with Gasteiger partial charge in [0.15, 0.2) is 0 Å². The van der Waals surface area contributed by atoms with Gasteiger partial charge in [-0.15, -0.1) is 0 Å². The summed E-state index contributed by atoms with van der Waals surface area (Å²) in [6, 6.07) is 6.43. The molecule has 2 N–H and O–H groups in total. The number of hydrogen-bond donors (Lipinski definition) is 1. The van der Waals surface area contributed by atoms with Crippen molar-refractivity contribution in [1.29, 1.82) is 0 Å². The molecular weight excluding hydrogens is 179 g/mol. The second kappa shape index (κ2) is 3.35. The summed E-state index contributed by atoms with van der Waals surface area (Å²) in [7, 11) is 0. The highest BCUT2D eigenvalue weighted by molar-refractivity contribution is 5.85. The Morgan fingerprint density at radius 2 is 2.07 bits per heavy atom. The lowest BCUT2D eigenvalue weighted by atomic mass is 10.1. The number of nitrogens with two attached hydrogens (primary N) is 1. The molecule has 2 rings (SSSR count). The average Bonchev–Trinajstić information content (AvgIpc) is 2.17. The Balaban J connectivity index is 2.81. The van der Waals surface area contributed by atoms with Crippen LogP contribution in [0.3, 0.4) is 0 Å². The Bertz CT molecular complexity index is 466. The summed E-state index contributed by atoms with van der Waals surface area (Å²) in [6.07, 6.45) is 1.59. The molecule has 1 aromatic heterocycles. The van der Waals surface area contributed by atoms with Gasteiger partial charge in [-0.05, 0) is 19.1 Å². The first-order chi connectivity index (χ1) is 6.70. The molecule has 72 valence electrons. The number of aromatic nitrogens is 1. The zero-order valence-electron chi connectivity index (χ0n) is 7.87. The monoisotopic (exact) mass is 190 g/mol. The van der Waals surface area contributed by atoms with Gasteiger partial charge >= 0.3 is 0 Å². The van der Waals surface area contributed by atoms with E-state index >= 15 is 0 Å². The van der Waals surface area contributed by atoms with E-state index < -0.39 is 0 Å². The standard InChI is InChI=1S/C11H11FN2/c1-7(13)11-9-3-2-4-10(12)8(9)5-6-14-11/h2-7H,13H2,1H3. The van der Waals surface area contributed by atoms with Crippen LogP contribution in [0.15, 0.2) is 30.5 Å². The summed E-state index contributed by atoms with van der Waals surface area (Å²) in [5.74, 6) is -0.230. The van der Waals surface area contributed by atoms with Crippen LogP contribution in [0, 0.1) is 5.82 Å². The van der Waals surface area contributed by atoms with Gasteiger partial charge in [0.05, 0.1) is 5.69 Å². The van der Waals surface area contributed by atoms with Crippen LogP contribution in [0.4, 0.5) is 4.39 Å². The number of nitrogens with zero attached hydrogens (tertiary/aromatic N) is 1. The van der Waals surface area contributed by atoms with Gasteiger partial charge in [0.2, 0.25) is 0 Å². The molecule has 1 heterocycles.